The van der Waals surface area contributed by atoms with Crippen molar-refractivity contribution < 1.29 is 18.0 Å². The quantitative estimate of drug-likeness (QED) is 0.628. The average Bonchev–Trinajstić information content (AvgIpc) is 3.10. The molecular formula is C18H18F3N7O. The van der Waals surface area contributed by atoms with Gasteiger partial charge in [-0.15, -0.1) is 0 Å². The van der Waals surface area contributed by atoms with Crippen molar-refractivity contribution in [2.24, 2.45) is 0 Å². The van der Waals surface area contributed by atoms with Gasteiger partial charge < -0.3 is 15.5 Å². The molecule has 2 N–H and O–H groups in total. The van der Waals surface area contributed by atoms with Crippen LogP contribution < -0.4 is 10.6 Å². The molecule has 2 aromatic heterocycles. The average molecular weight is 405 g/mol. The highest BCUT2D eigenvalue weighted by molar-refractivity contribution is 5.75. The number of carbonyl (C=O) groups excluding carboxylic acids is 1. The van der Waals surface area contributed by atoms with Crippen molar-refractivity contribution in [2.45, 2.75) is 13.1 Å². The standard InChI is InChI=1S/C18H18F3N7O/c1-27(2)16(29)10-28-9-11(6-24-28)25-18-23-8-15(21)17(26-18)22-7-12-13(19)4-3-5-14(12)20/h3-6,8-9H,7,10H2,1-2H3,(H2,22,23,25,26). The number of hydrogen-bond acceptors (Lipinski definition) is 6. The third-order valence-electron chi connectivity index (χ3n) is 3.92. The molecule has 11 heteroatoms. The zero-order valence-electron chi connectivity index (χ0n) is 15.7. The Kier molecular flexibility index (Phi) is 5.96. The van der Waals surface area contributed by atoms with E-state index in [1.165, 1.54) is 21.8 Å². The van der Waals surface area contributed by atoms with Crippen LogP contribution in [0.2, 0.25) is 0 Å². The minimum Gasteiger partial charge on any atom is -0.363 e. The maximum absolute atomic E-state index is 14.0. The van der Waals surface area contributed by atoms with Crippen molar-refractivity contribution in [3.05, 3.63) is 59.8 Å². The van der Waals surface area contributed by atoms with Crippen LogP contribution in [-0.2, 0) is 17.9 Å². The van der Waals surface area contributed by atoms with E-state index in [1.807, 2.05) is 0 Å². The summed E-state index contributed by atoms with van der Waals surface area (Å²) in [6.45, 7) is -0.240. The fourth-order valence-electron chi connectivity index (χ4n) is 2.35. The van der Waals surface area contributed by atoms with Crippen LogP contribution in [0.5, 0.6) is 0 Å². The van der Waals surface area contributed by atoms with Crippen LogP contribution in [0.15, 0.2) is 36.8 Å². The highest BCUT2D eigenvalue weighted by atomic mass is 19.1. The third-order valence-corrected chi connectivity index (χ3v) is 3.92. The lowest BCUT2D eigenvalue weighted by Crippen LogP contribution is -2.26. The lowest BCUT2D eigenvalue weighted by molar-refractivity contribution is -0.129. The molecule has 8 nitrogen and oxygen atoms in total. The van der Waals surface area contributed by atoms with Gasteiger partial charge in [-0.2, -0.15) is 10.1 Å². The molecule has 3 rings (SSSR count). The van der Waals surface area contributed by atoms with Gasteiger partial charge in [-0.3, -0.25) is 9.48 Å². The van der Waals surface area contributed by atoms with E-state index in [0.29, 0.717) is 5.69 Å². The predicted octanol–water partition coefficient (Wildman–Crippen LogP) is 2.53. The van der Waals surface area contributed by atoms with E-state index >= 15 is 0 Å². The zero-order chi connectivity index (χ0) is 21.0. The topological polar surface area (TPSA) is 88.0 Å². The fourth-order valence-corrected chi connectivity index (χ4v) is 2.35. The molecule has 29 heavy (non-hydrogen) atoms. The lowest BCUT2D eigenvalue weighted by Gasteiger charge is -2.10. The molecule has 1 aromatic carbocycles. The Balaban J connectivity index is 1.69. The van der Waals surface area contributed by atoms with Crippen LogP contribution >= 0.6 is 0 Å². The second kappa shape index (κ2) is 8.59. The summed E-state index contributed by atoms with van der Waals surface area (Å²) in [5.74, 6) is -2.58. The van der Waals surface area contributed by atoms with Gasteiger partial charge in [0.05, 0.1) is 18.1 Å². The van der Waals surface area contributed by atoms with E-state index < -0.39 is 17.5 Å². The normalized spacial score (nSPS) is 10.7. The Morgan fingerprint density at radius 3 is 2.55 bits per heavy atom. The molecule has 0 spiro atoms. The summed E-state index contributed by atoms with van der Waals surface area (Å²) in [6, 6.07) is 3.47. The molecule has 0 bridgehead atoms. The fraction of sp³-hybridized carbons (Fsp3) is 0.222. The monoisotopic (exact) mass is 405 g/mol. The molecule has 3 aromatic rings. The van der Waals surface area contributed by atoms with Crippen molar-refractivity contribution in [3.63, 3.8) is 0 Å². The second-order valence-electron chi connectivity index (χ2n) is 6.28. The zero-order valence-corrected chi connectivity index (χ0v) is 15.7. The van der Waals surface area contributed by atoms with Crippen LogP contribution in [0.25, 0.3) is 0 Å². The number of carbonyl (C=O) groups is 1. The molecule has 0 unspecified atom stereocenters. The first-order chi connectivity index (χ1) is 13.8. The van der Waals surface area contributed by atoms with Crippen molar-refractivity contribution in [1.29, 1.82) is 0 Å². The summed E-state index contributed by atoms with van der Waals surface area (Å²) in [6.07, 6.45) is 3.95. The SMILES string of the molecule is CN(C)C(=O)Cn1cc(Nc2ncc(F)c(NCc3c(F)cccc3F)n2)cn1. The van der Waals surface area contributed by atoms with Crippen molar-refractivity contribution in [2.75, 3.05) is 24.7 Å². The Hall–Kier alpha value is -3.63. The number of hydrogen-bond donors (Lipinski definition) is 2. The Morgan fingerprint density at radius 2 is 1.86 bits per heavy atom. The largest absolute Gasteiger partial charge is 0.363 e. The summed E-state index contributed by atoms with van der Waals surface area (Å²) in [5.41, 5.74) is 0.251. The maximum atomic E-state index is 14.0. The number of aromatic nitrogens is 4. The van der Waals surface area contributed by atoms with Crippen molar-refractivity contribution in [1.82, 2.24) is 24.6 Å². The summed E-state index contributed by atoms with van der Waals surface area (Å²) in [5, 5.41) is 9.44. The number of nitrogens with zero attached hydrogens (tertiary/aromatic N) is 5. The summed E-state index contributed by atoms with van der Waals surface area (Å²) >= 11 is 0. The van der Waals surface area contributed by atoms with Gasteiger partial charge in [0.1, 0.15) is 18.2 Å². The van der Waals surface area contributed by atoms with Gasteiger partial charge in [0.2, 0.25) is 11.9 Å². The van der Waals surface area contributed by atoms with Crippen LogP contribution in [0.1, 0.15) is 5.56 Å². The molecule has 0 saturated carbocycles. The Morgan fingerprint density at radius 1 is 1.14 bits per heavy atom. The highest BCUT2D eigenvalue weighted by Gasteiger charge is 2.12. The highest BCUT2D eigenvalue weighted by Crippen LogP contribution is 2.18. The first-order valence-corrected chi connectivity index (χ1v) is 8.52. The van der Waals surface area contributed by atoms with E-state index in [1.54, 1.807) is 20.3 Å². The molecule has 1 amide bonds. The minimum atomic E-state index is -0.778. The van der Waals surface area contributed by atoms with Crippen LogP contribution in [0, 0.1) is 17.5 Å². The number of anilines is 3. The van der Waals surface area contributed by atoms with E-state index in [2.05, 4.69) is 25.7 Å². The number of nitrogens with one attached hydrogen (secondary N) is 2. The van der Waals surface area contributed by atoms with E-state index in [9.17, 15) is 18.0 Å². The molecule has 0 saturated heterocycles. The molecule has 0 radical (unpaired) electrons. The molecule has 0 atom stereocenters. The van der Waals surface area contributed by atoms with E-state index in [4.69, 9.17) is 0 Å². The molecule has 0 aliphatic heterocycles. The number of amides is 1. The van der Waals surface area contributed by atoms with Gasteiger partial charge in [-0.1, -0.05) is 6.07 Å². The third kappa shape index (κ3) is 5.00. The van der Waals surface area contributed by atoms with Crippen molar-refractivity contribution in [3.8, 4) is 0 Å². The first-order valence-electron chi connectivity index (χ1n) is 8.52. The van der Waals surface area contributed by atoms with Gasteiger partial charge >= 0.3 is 0 Å². The van der Waals surface area contributed by atoms with E-state index in [0.717, 1.165) is 18.3 Å². The first kappa shape index (κ1) is 20.1. The number of halogens is 3. The summed E-state index contributed by atoms with van der Waals surface area (Å²) < 4.78 is 42.8. The Labute approximate surface area is 164 Å². The number of benzene rings is 1. The summed E-state index contributed by atoms with van der Waals surface area (Å²) in [4.78, 5) is 21.0. The van der Waals surface area contributed by atoms with E-state index in [-0.39, 0.29) is 36.3 Å². The van der Waals surface area contributed by atoms with Crippen LogP contribution in [0.3, 0.4) is 0 Å². The molecule has 0 fully saturated rings. The number of rotatable bonds is 7. The second-order valence-corrected chi connectivity index (χ2v) is 6.28. The van der Waals surface area contributed by atoms with Gasteiger partial charge in [0.25, 0.3) is 0 Å². The summed E-state index contributed by atoms with van der Waals surface area (Å²) in [7, 11) is 3.28. The molecular weight excluding hydrogens is 387 g/mol. The minimum absolute atomic E-state index is 0.0430. The Bertz CT molecular complexity index is 1000. The smallest absolute Gasteiger partial charge is 0.243 e. The molecule has 0 aliphatic rings. The van der Waals surface area contributed by atoms with Crippen LogP contribution in [-0.4, -0.2) is 44.7 Å². The lowest BCUT2D eigenvalue weighted by atomic mass is 10.2. The predicted molar refractivity (Wildman–Crippen MR) is 99.9 cm³/mol. The van der Waals surface area contributed by atoms with Gasteiger partial charge in [0.15, 0.2) is 11.6 Å². The molecule has 2 heterocycles. The van der Waals surface area contributed by atoms with Crippen LogP contribution in [0.4, 0.5) is 30.6 Å². The van der Waals surface area contributed by atoms with Gasteiger partial charge in [-0.25, -0.2) is 18.2 Å². The molecule has 152 valence electrons. The maximum Gasteiger partial charge on any atom is 0.243 e. The number of likely N-dealkylation sites (N-methyl/N-ethyl adjacent to an activating group) is 1. The van der Waals surface area contributed by atoms with Gasteiger partial charge in [0, 0.05) is 32.4 Å². The van der Waals surface area contributed by atoms with Gasteiger partial charge in [-0.05, 0) is 12.1 Å². The molecule has 0 aliphatic carbocycles. The van der Waals surface area contributed by atoms with Crippen molar-refractivity contribution >= 4 is 23.4 Å².